The number of benzene rings is 1. The molecule has 1 saturated carbocycles. The van der Waals surface area contributed by atoms with E-state index in [0.717, 1.165) is 32.4 Å². The molecule has 1 aromatic rings. The van der Waals surface area contributed by atoms with Gasteiger partial charge in [-0.3, -0.25) is 4.79 Å². The summed E-state index contributed by atoms with van der Waals surface area (Å²) in [6.07, 6.45) is 2.92. The summed E-state index contributed by atoms with van der Waals surface area (Å²) in [5.74, 6) is 1.56. The van der Waals surface area contributed by atoms with E-state index in [9.17, 15) is 4.79 Å². The zero-order valence-electron chi connectivity index (χ0n) is 13.1. The van der Waals surface area contributed by atoms with Crippen LogP contribution in [-0.2, 0) is 4.79 Å². The Balaban J connectivity index is 1.59. The first-order valence-corrected chi connectivity index (χ1v) is 8.20. The minimum atomic E-state index is 0.212. The zero-order chi connectivity index (χ0) is 15.0. The Hall–Kier alpha value is -1.35. The van der Waals surface area contributed by atoms with Crippen molar-refractivity contribution >= 4 is 5.91 Å². The number of piperidine rings is 1. The van der Waals surface area contributed by atoms with E-state index in [0.29, 0.717) is 17.7 Å². The lowest BCUT2D eigenvalue weighted by molar-refractivity contribution is -0.133. The monoisotopic (exact) mass is 286 g/mol. The number of carbonyl (C=O) groups excluding carboxylic acids is 1. The second kappa shape index (κ2) is 5.80. The third kappa shape index (κ3) is 3.13. The summed E-state index contributed by atoms with van der Waals surface area (Å²) >= 11 is 0. The summed E-state index contributed by atoms with van der Waals surface area (Å²) in [5, 5.41) is 0. The van der Waals surface area contributed by atoms with E-state index in [1.54, 1.807) is 0 Å². The van der Waals surface area contributed by atoms with Gasteiger partial charge in [-0.05, 0) is 42.2 Å². The molecular formula is C18H26N2O. The lowest BCUT2D eigenvalue weighted by atomic mass is 9.99. The van der Waals surface area contributed by atoms with E-state index in [1.165, 1.54) is 11.1 Å². The fourth-order valence-electron chi connectivity index (χ4n) is 3.32. The summed E-state index contributed by atoms with van der Waals surface area (Å²) in [4.78, 5) is 14.5. The molecule has 3 nitrogen and oxygen atoms in total. The van der Waals surface area contributed by atoms with Crippen LogP contribution in [0.15, 0.2) is 24.3 Å². The average molecular weight is 286 g/mol. The summed E-state index contributed by atoms with van der Waals surface area (Å²) in [7, 11) is 0. The van der Waals surface area contributed by atoms with Crippen molar-refractivity contribution in [1.82, 2.24) is 4.90 Å². The first kappa shape index (κ1) is 14.6. The Morgan fingerprint density at radius 3 is 2.38 bits per heavy atom. The van der Waals surface area contributed by atoms with Crippen molar-refractivity contribution in [3.63, 3.8) is 0 Å². The molecule has 1 aliphatic heterocycles. The van der Waals surface area contributed by atoms with Crippen LogP contribution in [0.3, 0.4) is 0 Å². The second-order valence-electron chi connectivity index (χ2n) is 6.93. The quantitative estimate of drug-likeness (QED) is 0.928. The summed E-state index contributed by atoms with van der Waals surface area (Å²) in [6, 6.07) is 9.12. The normalized spacial score (nSPS) is 26.2. The molecule has 1 saturated heterocycles. The molecule has 1 heterocycles. The van der Waals surface area contributed by atoms with Crippen molar-refractivity contribution in [3.05, 3.63) is 35.4 Å². The number of carbonyl (C=O) groups is 1. The maximum absolute atomic E-state index is 12.5. The van der Waals surface area contributed by atoms with Crippen LogP contribution < -0.4 is 5.73 Å². The standard InChI is InChI=1S/C18H26N2O/c1-12(2)13-3-5-14(6-4-13)16-11-17(16)18(21)20-9-7-15(19)8-10-20/h3-6,12,15-17H,7-11,19H2,1-2H3. The third-order valence-electron chi connectivity index (χ3n) is 4.99. The van der Waals surface area contributed by atoms with Gasteiger partial charge in [0.1, 0.15) is 0 Å². The SMILES string of the molecule is CC(C)c1ccc(C2CC2C(=O)N2CCC(N)CC2)cc1. The molecule has 0 spiro atoms. The van der Waals surface area contributed by atoms with Crippen LogP contribution in [0.1, 0.15) is 56.1 Å². The molecule has 21 heavy (non-hydrogen) atoms. The molecule has 2 N–H and O–H groups in total. The highest BCUT2D eigenvalue weighted by Crippen LogP contribution is 2.48. The van der Waals surface area contributed by atoms with E-state index in [4.69, 9.17) is 5.73 Å². The first-order chi connectivity index (χ1) is 10.1. The van der Waals surface area contributed by atoms with Crippen molar-refractivity contribution < 1.29 is 4.79 Å². The van der Waals surface area contributed by atoms with Crippen molar-refractivity contribution in [3.8, 4) is 0 Å². The first-order valence-electron chi connectivity index (χ1n) is 8.20. The highest BCUT2D eigenvalue weighted by atomic mass is 16.2. The molecule has 1 amide bonds. The number of rotatable bonds is 3. The molecule has 2 atom stereocenters. The Kier molecular flexibility index (Phi) is 4.03. The molecule has 2 aliphatic rings. The topological polar surface area (TPSA) is 46.3 Å². The minimum Gasteiger partial charge on any atom is -0.342 e. The van der Waals surface area contributed by atoms with E-state index in [1.807, 2.05) is 4.90 Å². The smallest absolute Gasteiger partial charge is 0.226 e. The van der Waals surface area contributed by atoms with E-state index < -0.39 is 0 Å². The van der Waals surface area contributed by atoms with Gasteiger partial charge in [0.05, 0.1) is 0 Å². The largest absolute Gasteiger partial charge is 0.342 e. The van der Waals surface area contributed by atoms with Gasteiger partial charge in [0.2, 0.25) is 5.91 Å². The van der Waals surface area contributed by atoms with Crippen LogP contribution in [-0.4, -0.2) is 29.9 Å². The van der Waals surface area contributed by atoms with Gasteiger partial charge in [-0.2, -0.15) is 0 Å². The highest BCUT2D eigenvalue weighted by molar-refractivity contribution is 5.83. The van der Waals surface area contributed by atoms with Gasteiger partial charge < -0.3 is 10.6 Å². The lowest BCUT2D eigenvalue weighted by Gasteiger charge is -2.30. The van der Waals surface area contributed by atoms with Gasteiger partial charge >= 0.3 is 0 Å². The zero-order valence-corrected chi connectivity index (χ0v) is 13.1. The Bertz CT molecular complexity index is 500. The summed E-state index contributed by atoms with van der Waals surface area (Å²) < 4.78 is 0. The molecule has 0 bridgehead atoms. The van der Waals surface area contributed by atoms with Gasteiger partial charge in [0.15, 0.2) is 0 Å². The van der Waals surface area contributed by atoms with Crippen LogP contribution in [0.5, 0.6) is 0 Å². The molecule has 0 radical (unpaired) electrons. The fourth-order valence-corrected chi connectivity index (χ4v) is 3.32. The number of hydrogen-bond donors (Lipinski definition) is 1. The van der Waals surface area contributed by atoms with Crippen molar-refractivity contribution in [2.75, 3.05) is 13.1 Å². The number of hydrogen-bond acceptors (Lipinski definition) is 2. The van der Waals surface area contributed by atoms with E-state index in [-0.39, 0.29) is 12.0 Å². The third-order valence-corrected chi connectivity index (χ3v) is 4.99. The van der Waals surface area contributed by atoms with Crippen molar-refractivity contribution in [2.24, 2.45) is 11.7 Å². The predicted molar refractivity (Wildman–Crippen MR) is 85.2 cm³/mol. The minimum absolute atomic E-state index is 0.212. The Morgan fingerprint density at radius 2 is 1.81 bits per heavy atom. The van der Waals surface area contributed by atoms with Crippen LogP contribution >= 0.6 is 0 Å². The van der Waals surface area contributed by atoms with Crippen LogP contribution in [0.25, 0.3) is 0 Å². The van der Waals surface area contributed by atoms with Crippen LogP contribution in [0.2, 0.25) is 0 Å². The number of nitrogens with zero attached hydrogens (tertiary/aromatic N) is 1. The Morgan fingerprint density at radius 1 is 1.19 bits per heavy atom. The van der Waals surface area contributed by atoms with Crippen molar-refractivity contribution in [1.29, 1.82) is 0 Å². The molecule has 2 unspecified atom stereocenters. The van der Waals surface area contributed by atoms with Crippen LogP contribution in [0, 0.1) is 5.92 Å². The van der Waals surface area contributed by atoms with Gasteiger partial charge in [-0.1, -0.05) is 38.1 Å². The molecule has 3 rings (SSSR count). The lowest BCUT2D eigenvalue weighted by Crippen LogP contribution is -2.43. The molecule has 1 aromatic carbocycles. The molecule has 114 valence electrons. The fraction of sp³-hybridized carbons (Fsp3) is 0.611. The number of nitrogens with two attached hydrogens (primary N) is 1. The number of amides is 1. The average Bonchev–Trinajstić information content (AvgIpc) is 3.28. The second-order valence-corrected chi connectivity index (χ2v) is 6.93. The van der Waals surface area contributed by atoms with Gasteiger partial charge in [0.25, 0.3) is 0 Å². The van der Waals surface area contributed by atoms with Gasteiger partial charge in [0, 0.05) is 25.0 Å². The van der Waals surface area contributed by atoms with Gasteiger partial charge in [-0.25, -0.2) is 0 Å². The molecule has 0 aromatic heterocycles. The van der Waals surface area contributed by atoms with E-state index >= 15 is 0 Å². The summed E-state index contributed by atoms with van der Waals surface area (Å²) in [5.41, 5.74) is 8.60. The molecular weight excluding hydrogens is 260 g/mol. The number of likely N-dealkylation sites (tertiary alicyclic amines) is 1. The highest BCUT2D eigenvalue weighted by Gasteiger charge is 2.45. The molecule has 2 fully saturated rings. The predicted octanol–water partition coefficient (Wildman–Crippen LogP) is 2.86. The van der Waals surface area contributed by atoms with Gasteiger partial charge in [-0.15, -0.1) is 0 Å². The Labute approximate surface area is 127 Å². The maximum atomic E-state index is 12.5. The molecule has 1 aliphatic carbocycles. The van der Waals surface area contributed by atoms with Crippen LogP contribution in [0.4, 0.5) is 0 Å². The maximum Gasteiger partial charge on any atom is 0.226 e. The van der Waals surface area contributed by atoms with E-state index in [2.05, 4.69) is 38.1 Å². The summed E-state index contributed by atoms with van der Waals surface area (Å²) in [6.45, 7) is 6.10. The van der Waals surface area contributed by atoms with Crippen molar-refractivity contribution in [2.45, 2.75) is 51.0 Å². The molecule has 3 heteroatoms.